The van der Waals surface area contributed by atoms with Crippen molar-refractivity contribution in [2.45, 2.75) is 13.3 Å². The van der Waals surface area contributed by atoms with Crippen molar-refractivity contribution in [3.63, 3.8) is 0 Å². The first kappa shape index (κ1) is 13.9. The SMILES string of the molecule is CC(=O)n1c(Cc2ccccc2[N+](=O)[O-])nc2ccccc21. The number of nitro groups is 1. The lowest BCUT2D eigenvalue weighted by Gasteiger charge is -2.05. The van der Waals surface area contributed by atoms with Crippen LogP contribution in [0.2, 0.25) is 0 Å². The molecule has 0 atom stereocenters. The van der Waals surface area contributed by atoms with Gasteiger partial charge < -0.3 is 0 Å². The summed E-state index contributed by atoms with van der Waals surface area (Å²) in [6, 6.07) is 13.8. The van der Waals surface area contributed by atoms with Crippen molar-refractivity contribution in [2.75, 3.05) is 0 Å². The lowest BCUT2D eigenvalue weighted by molar-refractivity contribution is -0.385. The lowest BCUT2D eigenvalue weighted by Crippen LogP contribution is -2.11. The molecule has 0 fully saturated rings. The molecule has 110 valence electrons. The zero-order valence-electron chi connectivity index (χ0n) is 11.9. The highest BCUT2D eigenvalue weighted by atomic mass is 16.6. The summed E-state index contributed by atoms with van der Waals surface area (Å²) in [5, 5.41) is 11.1. The molecule has 0 saturated heterocycles. The highest BCUT2D eigenvalue weighted by molar-refractivity contribution is 5.90. The monoisotopic (exact) mass is 295 g/mol. The van der Waals surface area contributed by atoms with Crippen LogP contribution in [0.1, 0.15) is 23.1 Å². The highest BCUT2D eigenvalue weighted by Crippen LogP contribution is 2.23. The molecule has 3 rings (SSSR count). The normalized spacial score (nSPS) is 10.8. The van der Waals surface area contributed by atoms with E-state index < -0.39 is 4.92 Å². The van der Waals surface area contributed by atoms with Crippen molar-refractivity contribution >= 4 is 22.6 Å². The maximum atomic E-state index is 11.9. The number of carbonyl (C=O) groups is 1. The number of aromatic nitrogens is 2. The zero-order valence-corrected chi connectivity index (χ0v) is 11.9. The molecule has 0 bridgehead atoms. The van der Waals surface area contributed by atoms with E-state index in [0.717, 1.165) is 0 Å². The van der Waals surface area contributed by atoms with E-state index in [4.69, 9.17) is 0 Å². The van der Waals surface area contributed by atoms with Gasteiger partial charge in [-0.15, -0.1) is 0 Å². The smallest absolute Gasteiger partial charge is 0.273 e. The molecule has 0 amide bonds. The standard InChI is InChI=1S/C16H13N3O3/c1-11(20)18-15-9-5-3-7-13(15)17-16(18)10-12-6-2-4-8-14(12)19(21)22/h2-9H,10H2,1H3. The van der Waals surface area contributed by atoms with Crippen LogP contribution in [-0.4, -0.2) is 20.4 Å². The largest absolute Gasteiger partial charge is 0.274 e. The Morgan fingerprint density at radius 2 is 1.86 bits per heavy atom. The van der Waals surface area contributed by atoms with Gasteiger partial charge >= 0.3 is 0 Å². The number of imidazole rings is 1. The fourth-order valence-electron chi connectivity index (χ4n) is 2.55. The second-order valence-corrected chi connectivity index (χ2v) is 4.93. The van der Waals surface area contributed by atoms with E-state index in [2.05, 4.69) is 4.98 Å². The number of rotatable bonds is 3. The van der Waals surface area contributed by atoms with E-state index in [1.54, 1.807) is 18.2 Å². The van der Waals surface area contributed by atoms with Gasteiger partial charge in [-0.1, -0.05) is 30.3 Å². The topological polar surface area (TPSA) is 78.0 Å². The Balaban J connectivity index is 2.14. The Morgan fingerprint density at radius 1 is 1.18 bits per heavy atom. The van der Waals surface area contributed by atoms with Gasteiger partial charge in [0.05, 0.1) is 16.0 Å². The molecule has 0 spiro atoms. The summed E-state index contributed by atoms with van der Waals surface area (Å²) in [5.41, 5.74) is 1.98. The molecule has 2 aromatic carbocycles. The van der Waals surface area contributed by atoms with Crippen molar-refractivity contribution in [3.8, 4) is 0 Å². The Hall–Kier alpha value is -3.02. The Morgan fingerprint density at radius 3 is 2.59 bits per heavy atom. The van der Waals surface area contributed by atoms with E-state index in [-0.39, 0.29) is 18.0 Å². The van der Waals surface area contributed by atoms with Gasteiger partial charge in [0.2, 0.25) is 5.91 Å². The van der Waals surface area contributed by atoms with Crippen LogP contribution in [-0.2, 0) is 6.42 Å². The number of nitro benzene ring substituents is 1. The van der Waals surface area contributed by atoms with E-state index in [0.29, 0.717) is 22.4 Å². The van der Waals surface area contributed by atoms with Gasteiger partial charge in [-0.2, -0.15) is 0 Å². The third-order valence-corrected chi connectivity index (χ3v) is 3.48. The zero-order chi connectivity index (χ0) is 15.7. The first-order valence-corrected chi connectivity index (χ1v) is 6.77. The number of carbonyl (C=O) groups excluding carboxylic acids is 1. The summed E-state index contributed by atoms with van der Waals surface area (Å²) in [6.07, 6.45) is 0.228. The first-order valence-electron chi connectivity index (χ1n) is 6.77. The molecule has 0 aliphatic rings. The van der Waals surface area contributed by atoms with Gasteiger partial charge in [0.1, 0.15) is 5.82 Å². The predicted octanol–water partition coefficient (Wildman–Crippen LogP) is 3.20. The average molecular weight is 295 g/mol. The number of nitrogens with zero attached hydrogens (tertiary/aromatic N) is 3. The third-order valence-electron chi connectivity index (χ3n) is 3.48. The summed E-state index contributed by atoms with van der Waals surface area (Å²) in [6.45, 7) is 1.46. The fourth-order valence-corrected chi connectivity index (χ4v) is 2.55. The molecule has 1 heterocycles. The molecular weight excluding hydrogens is 282 g/mol. The van der Waals surface area contributed by atoms with Crippen molar-refractivity contribution < 1.29 is 9.72 Å². The van der Waals surface area contributed by atoms with Crippen LogP contribution in [0.4, 0.5) is 5.69 Å². The predicted molar refractivity (Wildman–Crippen MR) is 81.9 cm³/mol. The van der Waals surface area contributed by atoms with Crippen LogP contribution in [0.25, 0.3) is 11.0 Å². The average Bonchev–Trinajstić information content (AvgIpc) is 2.85. The second kappa shape index (κ2) is 5.40. The Labute approximate surface area is 126 Å². The van der Waals surface area contributed by atoms with Gasteiger partial charge in [0, 0.05) is 25.0 Å². The van der Waals surface area contributed by atoms with E-state index in [1.807, 2.05) is 24.3 Å². The van der Waals surface area contributed by atoms with Crippen LogP contribution >= 0.6 is 0 Å². The molecule has 6 heteroatoms. The molecule has 0 saturated carbocycles. The van der Waals surface area contributed by atoms with Crippen molar-refractivity contribution in [1.82, 2.24) is 9.55 Å². The van der Waals surface area contributed by atoms with Crippen LogP contribution in [0.5, 0.6) is 0 Å². The van der Waals surface area contributed by atoms with Crippen molar-refractivity contribution in [3.05, 3.63) is 70.0 Å². The second-order valence-electron chi connectivity index (χ2n) is 4.93. The quantitative estimate of drug-likeness (QED) is 0.549. The number of fused-ring (bicyclic) bond motifs is 1. The molecule has 0 unspecified atom stereocenters. The van der Waals surface area contributed by atoms with E-state index in [9.17, 15) is 14.9 Å². The van der Waals surface area contributed by atoms with Gasteiger partial charge in [-0.3, -0.25) is 19.5 Å². The lowest BCUT2D eigenvalue weighted by atomic mass is 10.1. The van der Waals surface area contributed by atoms with Gasteiger partial charge in [-0.05, 0) is 12.1 Å². The number of hydrogen-bond acceptors (Lipinski definition) is 4. The summed E-state index contributed by atoms with van der Waals surface area (Å²) in [5.74, 6) is 0.338. The van der Waals surface area contributed by atoms with Crippen LogP contribution < -0.4 is 0 Å². The third kappa shape index (κ3) is 2.35. The molecule has 22 heavy (non-hydrogen) atoms. The summed E-state index contributed by atoms with van der Waals surface area (Å²) >= 11 is 0. The minimum atomic E-state index is -0.421. The number of para-hydroxylation sites is 3. The molecule has 1 aromatic heterocycles. The van der Waals surface area contributed by atoms with Crippen LogP contribution in [0.15, 0.2) is 48.5 Å². The first-order chi connectivity index (χ1) is 10.6. The molecular formula is C16H13N3O3. The van der Waals surface area contributed by atoms with Gasteiger partial charge in [0.15, 0.2) is 0 Å². The minimum absolute atomic E-state index is 0.0321. The maximum absolute atomic E-state index is 11.9. The van der Waals surface area contributed by atoms with E-state index in [1.165, 1.54) is 17.6 Å². The van der Waals surface area contributed by atoms with Gasteiger partial charge in [-0.25, -0.2) is 4.98 Å². The molecule has 6 nitrogen and oxygen atoms in total. The van der Waals surface area contributed by atoms with Crippen molar-refractivity contribution in [1.29, 1.82) is 0 Å². The van der Waals surface area contributed by atoms with E-state index >= 15 is 0 Å². The van der Waals surface area contributed by atoms with Crippen LogP contribution in [0, 0.1) is 10.1 Å². The minimum Gasteiger partial charge on any atom is -0.274 e. The number of hydrogen-bond donors (Lipinski definition) is 0. The van der Waals surface area contributed by atoms with Crippen molar-refractivity contribution in [2.24, 2.45) is 0 Å². The molecule has 0 N–H and O–H groups in total. The summed E-state index contributed by atoms with van der Waals surface area (Å²) in [7, 11) is 0. The Kier molecular flexibility index (Phi) is 3.42. The summed E-state index contributed by atoms with van der Waals surface area (Å²) < 4.78 is 1.51. The maximum Gasteiger partial charge on any atom is 0.273 e. The van der Waals surface area contributed by atoms with Crippen LogP contribution in [0.3, 0.4) is 0 Å². The molecule has 0 aliphatic carbocycles. The fraction of sp³-hybridized carbons (Fsp3) is 0.125. The number of benzene rings is 2. The molecule has 0 aliphatic heterocycles. The highest BCUT2D eigenvalue weighted by Gasteiger charge is 2.18. The molecule has 3 aromatic rings. The Bertz CT molecular complexity index is 883. The van der Waals surface area contributed by atoms with Gasteiger partial charge in [0.25, 0.3) is 5.69 Å². The summed E-state index contributed by atoms with van der Waals surface area (Å²) in [4.78, 5) is 27.1. The molecule has 0 radical (unpaired) electrons.